The highest BCUT2D eigenvalue weighted by atomic mass is 32.2. The molecular weight excluding hydrogens is 260 g/mol. The number of rotatable bonds is 4. The number of aromatic nitrogens is 3. The van der Waals surface area contributed by atoms with Crippen LogP contribution < -0.4 is 10.5 Å². The van der Waals surface area contributed by atoms with E-state index < -0.39 is 0 Å². The van der Waals surface area contributed by atoms with E-state index >= 15 is 0 Å². The fourth-order valence-corrected chi connectivity index (χ4v) is 2.47. The van der Waals surface area contributed by atoms with Crippen molar-refractivity contribution in [3.63, 3.8) is 0 Å². The van der Waals surface area contributed by atoms with Gasteiger partial charge in [0.05, 0.1) is 12.8 Å². The lowest BCUT2D eigenvalue weighted by Crippen LogP contribution is -1.98. The molecule has 0 atom stereocenters. The van der Waals surface area contributed by atoms with E-state index in [4.69, 9.17) is 10.5 Å². The Labute approximate surface area is 116 Å². The minimum absolute atomic E-state index is 0.491. The van der Waals surface area contributed by atoms with E-state index in [9.17, 15) is 0 Å². The second-order valence-electron chi connectivity index (χ2n) is 4.15. The quantitative estimate of drug-likeness (QED) is 0.682. The van der Waals surface area contributed by atoms with E-state index in [-0.39, 0.29) is 0 Å². The van der Waals surface area contributed by atoms with E-state index in [0.717, 1.165) is 22.8 Å². The number of pyridine rings is 1. The molecule has 0 saturated heterocycles. The summed E-state index contributed by atoms with van der Waals surface area (Å²) in [6, 6.07) is 5.56. The highest BCUT2D eigenvalue weighted by Crippen LogP contribution is 2.22. The summed E-state index contributed by atoms with van der Waals surface area (Å²) in [5.41, 5.74) is 8.43. The maximum atomic E-state index is 5.70. The molecule has 5 nitrogen and oxygen atoms in total. The number of nitrogens with two attached hydrogens (primary N) is 1. The molecule has 0 amide bonds. The molecule has 0 radical (unpaired) electrons. The van der Waals surface area contributed by atoms with Crippen LogP contribution in [0, 0.1) is 13.8 Å². The topological polar surface area (TPSA) is 73.9 Å². The van der Waals surface area contributed by atoms with Gasteiger partial charge in [-0.1, -0.05) is 11.8 Å². The van der Waals surface area contributed by atoms with Crippen LogP contribution in [0.1, 0.15) is 17.1 Å². The summed E-state index contributed by atoms with van der Waals surface area (Å²) in [5.74, 6) is 1.98. The van der Waals surface area contributed by atoms with Crippen molar-refractivity contribution < 1.29 is 4.74 Å². The van der Waals surface area contributed by atoms with Gasteiger partial charge in [-0.2, -0.15) is 0 Å². The molecular formula is C13H16N4OS. The second kappa shape index (κ2) is 5.88. The smallest absolute Gasteiger partial charge is 0.190 e. The Balaban J connectivity index is 2.11. The third-order valence-corrected chi connectivity index (χ3v) is 3.30. The van der Waals surface area contributed by atoms with Gasteiger partial charge in [-0.15, -0.1) is 0 Å². The van der Waals surface area contributed by atoms with Crippen molar-refractivity contribution in [3.05, 3.63) is 35.3 Å². The summed E-state index contributed by atoms with van der Waals surface area (Å²) in [6.45, 7) is 3.84. The molecule has 0 aliphatic heterocycles. The molecule has 2 heterocycles. The summed E-state index contributed by atoms with van der Waals surface area (Å²) in [7, 11) is 1.65. The Bertz CT molecular complexity index is 569. The van der Waals surface area contributed by atoms with E-state index in [0.29, 0.717) is 16.7 Å². The number of nitrogen functional groups attached to an aromatic ring is 1. The van der Waals surface area contributed by atoms with Gasteiger partial charge in [0, 0.05) is 35.3 Å². The van der Waals surface area contributed by atoms with Gasteiger partial charge in [0.1, 0.15) is 11.6 Å². The molecule has 0 unspecified atom stereocenters. The van der Waals surface area contributed by atoms with Crippen molar-refractivity contribution in [2.45, 2.75) is 24.8 Å². The summed E-state index contributed by atoms with van der Waals surface area (Å²) in [4.78, 5) is 13.0. The molecule has 0 bridgehead atoms. The van der Waals surface area contributed by atoms with Crippen LogP contribution in [-0.4, -0.2) is 22.1 Å². The SMILES string of the molecule is COc1cc(C)nc(CSc2nc(C)cc(N)n2)c1. The van der Waals surface area contributed by atoms with Gasteiger partial charge < -0.3 is 10.5 Å². The maximum Gasteiger partial charge on any atom is 0.190 e. The van der Waals surface area contributed by atoms with E-state index in [1.807, 2.05) is 26.0 Å². The molecule has 0 aliphatic rings. The summed E-state index contributed by atoms with van der Waals surface area (Å²) >= 11 is 1.51. The number of methoxy groups -OCH3 is 1. The van der Waals surface area contributed by atoms with Crippen LogP contribution in [0.4, 0.5) is 5.82 Å². The molecule has 0 saturated carbocycles. The van der Waals surface area contributed by atoms with E-state index in [2.05, 4.69) is 15.0 Å². The maximum absolute atomic E-state index is 5.70. The normalized spacial score (nSPS) is 10.5. The van der Waals surface area contributed by atoms with E-state index in [1.54, 1.807) is 13.2 Å². The first-order chi connectivity index (χ1) is 9.06. The highest BCUT2D eigenvalue weighted by molar-refractivity contribution is 7.98. The standard InChI is InChI=1S/C13H16N4OS/c1-8-4-11(18-3)6-10(15-8)7-19-13-16-9(2)5-12(14)17-13/h4-6H,7H2,1-3H3,(H2,14,16,17). The molecule has 0 aromatic carbocycles. The van der Waals surface area contributed by atoms with E-state index in [1.165, 1.54) is 11.8 Å². The largest absolute Gasteiger partial charge is 0.497 e. The minimum atomic E-state index is 0.491. The van der Waals surface area contributed by atoms with Crippen molar-refractivity contribution in [1.29, 1.82) is 0 Å². The monoisotopic (exact) mass is 276 g/mol. The zero-order valence-electron chi connectivity index (χ0n) is 11.2. The molecule has 2 N–H and O–H groups in total. The number of nitrogens with zero attached hydrogens (tertiary/aromatic N) is 3. The van der Waals surface area contributed by atoms with Crippen LogP contribution in [0.2, 0.25) is 0 Å². The number of anilines is 1. The number of hydrogen-bond acceptors (Lipinski definition) is 6. The molecule has 2 aromatic heterocycles. The molecule has 6 heteroatoms. The Morgan fingerprint density at radius 2 is 1.84 bits per heavy atom. The molecule has 100 valence electrons. The van der Waals surface area contributed by atoms with Crippen LogP contribution in [0.5, 0.6) is 5.75 Å². The van der Waals surface area contributed by atoms with Crippen molar-refractivity contribution in [2.24, 2.45) is 0 Å². The van der Waals surface area contributed by atoms with Crippen LogP contribution >= 0.6 is 11.8 Å². The molecule has 2 rings (SSSR count). The minimum Gasteiger partial charge on any atom is -0.497 e. The van der Waals surface area contributed by atoms with Crippen LogP contribution in [0.25, 0.3) is 0 Å². The first kappa shape index (κ1) is 13.6. The van der Waals surface area contributed by atoms with Gasteiger partial charge in [-0.3, -0.25) is 4.98 Å². The van der Waals surface area contributed by atoms with Crippen LogP contribution in [0.15, 0.2) is 23.4 Å². The Kier molecular flexibility index (Phi) is 4.21. The predicted molar refractivity (Wildman–Crippen MR) is 76.3 cm³/mol. The number of thioether (sulfide) groups is 1. The lowest BCUT2D eigenvalue weighted by molar-refractivity contribution is 0.413. The summed E-state index contributed by atoms with van der Waals surface area (Å²) < 4.78 is 5.23. The van der Waals surface area contributed by atoms with Crippen molar-refractivity contribution in [1.82, 2.24) is 15.0 Å². The van der Waals surface area contributed by atoms with Crippen molar-refractivity contribution >= 4 is 17.6 Å². The molecule has 0 spiro atoms. The average Bonchev–Trinajstić information content (AvgIpc) is 2.34. The van der Waals surface area contributed by atoms with Crippen molar-refractivity contribution in [2.75, 3.05) is 12.8 Å². The number of ether oxygens (including phenoxy) is 1. The number of aryl methyl sites for hydroxylation is 2. The fourth-order valence-electron chi connectivity index (χ4n) is 1.66. The van der Waals surface area contributed by atoms with Gasteiger partial charge in [0.2, 0.25) is 0 Å². The lowest BCUT2D eigenvalue weighted by Gasteiger charge is -2.06. The Morgan fingerprint density at radius 3 is 2.53 bits per heavy atom. The Morgan fingerprint density at radius 1 is 1.11 bits per heavy atom. The zero-order chi connectivity index (χ0) is 13.8. The molecule has 2 aromatic rings. The highest BCUT2D eigenvalue weighted by Gasteiger charge is 2.05. The van der Waals surface area contributed by atoms with Crippen LogP contribution in [0.3, 0.4) is 0 Å². The fraction of sp³-hybridized carbons (Fsp3) is 0.308. The lowest BCUT2D eigenvalue weighted by atomic mass is 10.3. The zero-order valence-corrected chi connectivity index (χ0v) is 12.0. The van der Waals surface area contributed by atoms with Gasteiger partial charge in [0.25, 0.3) is 0 Å². The summed E-state index contributed by atoms with van der Waals surface area (Å²) in [6.07, 6.45) is 0. The van der Waals surface area contributed by atoms with Gasteiger partial charge in [-0.25, -0.2) is 9.97 Å². The molecule has 0 fully saturated rings. The predicted octanol–water partition coefficient (Wildman–Crippen LogP) is 2.37. The third kappa shape index (κ3) is 3.82. The first-order valence-electron chi connectivity index (χ1n) is 5.82. The van der Waals surface area contributed by atoms with Gasteiger partial charge in [0.15, 0.2) is 5.16 Å². The molecule has 19 heavy (non-hydrogen) atoms. The number of hydrogen-bond donors (Lipinski definition) is 1. The average molecular weight is 276 g/mol. The second-order valence-corrected chi connectivity index (χ2v) is 5.09. The molecule has 0 aliphatic carbocycles. The van der Waals surface area contributed by atoms with Crippen LogP contribution in [-0.2, 0) is 5.75 Å². The van der Waals surface area contributed by atoms with Gasteiger partial charge in [-0.05, 0) is 13.8 Å². The summed E-state index contributed by atoms with van der Waals surface area (Å²) in [5, 5.41) is 0.666. The first-order valence-corrected chi connectivity index (χ1v) is 6.81. The third-order valence-electron chi connectivity index (χ3n) is 2.42. The van der Waals surface area contributed by atoms with Gasteiger partial charge >= 0.3 is 0 Å². The Hall–Kier alpha value is -1.82. The van der Waals surface area contributed by atoms with Crippen molar-refractivity contribution in [3.8, 4) is 5.75 Å².